The number of fused-ring (bicyclic) bond motifs is 1. The molecule has 0 aliphatic rings. The van der Waals surface area contributed by atoms with Crippen LogP contribution in [0.5, 0.6) is 5.75 Å². The maximum Gasteiger partial charge on any atom is 0.303 e. The van der Waals surface area contributed by atoms with Gasteiger partial charge in [-0.25, -0.2) is 0 Å². The summed E-state index contributed by atoms with van der Waals surface area (Å²) in [4.78, 5) is 24.7. The molecule has 0 saturated heterocycles. The molecule has 0 radical (unpaired) electrons. The van der Waals surface area contributed by atoms with Gasteiger partial charge in [0.25, 0.3) is 5.91 Å². The molecule has 35 heavy (non-hydrogen) atoms. The average molecular weight is 468 g/mol. The second-order valence-electron chi connectivity index (χ2n) is 8.49. The third kappa shape index (κ3) is 6.07. The van der Waals surface area contributed by atoms with Gasteiger partial charge in [0.2, 0.25) is 0 Å². The quantitative estimate of drug-likeness (QED) is 0.286. The number of nitrogens with one attached hydrogen (secondary N) is 1. The molecule has 0 saturated carbocycles. The van der Waals surface area contributed by atoms with Crippen molar-refractivity contribution in [2.24, 2.45) is 0 Å². The van der Waals surface area contributed by atoms with E-state index in [9.17, 15) is 14.7 Å². The maximum atomic E-state index is 13.5. The van der Waals surface area contributed by atoms with Crippen LogP contribution in [0.4, 0.5) is 0 Å². The van der Waals surface area contributed by atoms with Gasteiger partial charge in [-0.2, -0.15) is 0 Å². The Morgan fingerprint density at radius 3 is 2.43 bits per heavy atom. The molecule has 4 aromatic rings. The molecule has 0 fully saturated rings. The highest BCUT2D eigenvalue weighted by Gasteiger charge is 2.19. The van der Waals surface area contributed by atoms with E-state index in [1.54, 1.807) is 0 Å². The predicted molar refractivity (Wildman–Crippen MR) is 138 cm³/mol. The minimum Gasteiger partial charge on any atom is -0.489 e. The third-order valence-electron chi connectivity index (χ3n) is 6.09. The second kappa shape index (κ2) is 11.3. The van der Waals surface area contributed by atoms with Gasteiger partial charge in [0.05, 0.1) is 6.04 Å². The standard InChI is InChI=1S/C30H29NO4/c1-2-28(26-14-8-10-22-9-6-7-13-25(22)26)31-30(34)27-19-21(15-16-23(27)17-18-29(32)33)20-35-24-11-4-3-5-12-24/h3-16,19,28H,2,17-18,20H2,1H3,(H,31,34)(H,32,33). The molecule has 0 spiro atoms. The van der Waals surface area contributed by atoms with Crippen LogP contribution >= 0.6 is 0 Å². The van der Waals surface area contributed by atoms with E-state index in [1.807, 2.05) is 79.7 Å². The van der Waals surface area contributed by atoms with Gasteiger partial charge in [-0.3, -0.25) is 9.59 Å². The zero-order valence-electron chi connectivity index (χ0n) is 19.7. The topological polar surface area (TPSA) is 75.6 Å². The van der Waals surface area contributed by atoms with E-state index in [1.165, 1.54) is 0 Å². The lowest BCUT2D eigenvalue weighted by molar-refractivity contribution is -0.136. The van der Waals surface area contributed by atoms with Gasteiger partial charge in [-0.05, 0) is 58.5 Å². The Morgan fingerprint density at radius 1 is 0.914 bits per heavy atom. The number of aryl methyl sites for hydroxylation is 1. The van der Waals surface area contributed by atoms with E-state index in [0.717, 1.165) is 34.1 Å². The number of hydrogen-bond acceptors (Lipinski definition) is 3. The molecule has 2 N–H and O–H groups in total. The Kier molecular flexibility index (Phi) is 7.78. The lowest BCUT2D eigenvalue weighted by atomic mass is 9.95. The number of carbonyl (C=O) groups excluding carboxylic acids is 1. The van der Waals surface area contributed by atoms with Crippen molar-refractivity contribution in [2.75, 3.05) is 0 Å². The van der Waals surface area contributed by atoms with Gasteiger partial charge < -0.3 is 15.2 Å². The Hall–Kier alpha value is -4.12. The molecule has 178 valence electrons. The van der Waals surface area contributed by atoms with Gasteiger partial charge in [0.1, 0.15) is 12.4 Å². The van der Waals surface area contributed by atoms with Gasteiger partial charge in [-0.1, -0.05) is 79.7 Å². The van der Waals surface area contributed by atoms with Crippen molar-refractivity contribution in [3.8, 4) is 5.75 Å². The summed E-state index contributed by atoms with van der Waals surface area (Å²) < 4.78 is 5.86. The SMILES string of the molecule is CCC(NC(=O)c1cc(COc2ccccc2)ccc1CCC(=O)O)c1cccc2ccccc12. The van der Waals surface area contributed by atoms with E-state index < -0.39 is 5.97 Å². The summed E-state index contributed by atoms with van der Waals surface area (Å²) in [5, 5.41) is 14.6. The van der Waals surface area contributed by atoms with Crippen LogP contribution in [0.3, 0.4) is 0 Å². The fraction of sp³-hybridized carbons (Fsp3) is 0.200. The molecule has 5 nitrogen and oxygen atoms in total. The highest BCUT2D eigenvalue weighted by molar-refractivity contribution is 5.97. The largest absolute Gasteiger partial charge is 0.489 e. The van der Waals surface area contributed by atoms with Crippen LogP contribution in [0.15, 0.2) is 91.0 Å². The number of rotatable bonds is 10. The number of para-hydroxylation sites is 1. The van der Waals surface area contributed by atoms with E-state index in [-0.39, 0.29) is 24.8 Å². The molecule has 5 heteroatoms. The zero-order chi connectivity index (χ0) is 24.6. The predicted octanol–water partition coefficient (Wildman–Crippen LogP) is 6.32. The highest BCUT2D eigenvalue weighted by atomic mass is 16.5. The molecule has 1 atom stereocenters. The fourth-order valence-corrected chi connectivity index (χ4v) is 4.26. The number of ether oxygens (including phenoxy) is 1. The zero-order valence-corrected chi connectivity index (χ0v) is 19.7. The van der Waals surface area contributed by atoms with Crippen molar-refractivity contribution in [1.82, 2.24) is 5.32 Å². The number of carbonyl (C=O) groups is 2. The van der Waals surface area contributed by atoms with Crippen molar-refractivity contribution in [3.63, 3.8) is 0 Å². The summed E-state index contributed by atoms with van der Waals surface area (Å²) in [6.45, 7) is 2.35. The summed E-state index contributed by atoms with van der Waals surface area (Å²) in [6.07, 6.45) is 0.963. The molecule has 0 aliphatic carbocycles. The molecule has 0 heterocycles. The van der Waals surface area contributed by atoms with Gasteiger partial charge >= 0.3 is 5.97 Å². The average Bonchev–Trinajstić information content (AvgIpc) is 2.89. The van der Waals surface area contributed by atoms with E-state index >= 15 is 0 Å². The van der Waals surface area contributed by atoms with Crippen molar-refractivity contribution in [3.05, 3.63) is 113 Å². The van der Waals surface area contributed by atoms with Crippen molar-refractivity contribution in [2.45, 2.75) is 38.8 Å². The Bertz CT molecular complexity index is 1310. The van der Waals surface area contributed by atoms with E-state index in [4.69, 9.17) is 4.74 Å². The number of benzene rings is 4. The van der Waals surface area contributed by atoms with Crippen LogP contribution in [0, 0.1) is 0 Å². The van der Waals surface area contributed by atoms with Crippen LogP contribution < -0.4 is 10.1 Å². The second-order valence-corrected chi connectivity index (χ2v) is 8.49. The van der Waals surface area contributed by atoms with Crippen LogP contribution in [0.2, 0.25) is 0 Å². The van der Waals surface area contributed by atoms with Crippen molar-refractivity contribution < 1.29 is 19.4 Å². The van der Waals surface area contributed by atoms with E-state index in [0.29, 0.717) is 17.7 Å². The molecular weight excluding hydrogens is 438 g/mol. The smallest absolute Gasteiger partial charge is 0.303 e. The Morgan fingerprint density at radius 2 is 1.66 bits per heavy atom. The summed E-state index contributed by atoms with van der Waals surface area (Å²) in [5.74, 6) is -0.364. The minimum atomic E-state index is -0.893. The minimum absolute atomic E-state index is 0.0410. The number of amides is 1. The molecule has 4 rings (SSSR count). The number of aliphatic carboxylic acids is 1. The first kappa shape index (κ1) is 24.0. The molecule has 1 amide bonds. The highest BCUT2D eigenvalue weighted by Crippen LogP contribution is 2.27. The normalized spacial score (nSPS) is 11.7. The molecule has 4 aromatic carbocycles. The van der Waals surface area contributed by atoms with Crippen LogP contribution in [-0.4, -0.2) is 17.0 Å². The lowest BCUT2D eigenvalue weighted by Crippen LogP contribution is -2.29. The van der Waals surface area contributed by atoms with Crippen LogP contribution in [-0.2, 0) is 17.8 Å². The number of hydrogen-bond donors (Lipinski definition) is 2. The number of carboxylic acids is 1. The first-order chi connectivity index (χ1) is 17.0. The summed E-state index contributed by atoms with van der Waals surface area (Å²) in [6, 6.07) is 29.1. The Labute approximate surface area is 205 Å². The Balaban J connectivity index is 1.60. The van der Waals surface area contributed by atoms with Crippen LogP contribution in [0.1, 0.15) is 52.9 Å². The molecule has 0 bridgehead atoms. The van der Waals surface area contributed by atoms with E-state index in [2.05, 4.69) is 23.5 Å². The van der Waals surface area contributed by atoms with Crippen molar-refractivity contribution >= 4 is 22.6 Å². The number of carboxylic acid groups (broad SMARTS) is 1. The van der Waals surface area contributed by atoms with Crippen LogP contribution in [0.25, 0.3) is 10.8 Å². The first-order valence-corrected chi connectivity index (χ1v) is 11.8. The summed E-state index contributed by atoms with van der Waals surface area (Å²) >= 11 is 0. The van der Waals surface area contributed by atoms with Crippen molar-refractivity contribution in [1.29, 1.82) is 0 Å². The summed E-state index contributed by atoms with van der Waals surface area (Å²) in [5.41, 5.74) is 3.10. The third-order valence-corrected chi connectivity index (χ3v) is 6.09. The molecular formula is C30H29NO4. The molecule has 0 aromatic heterocycles. The lowest BCUT2D eigenvalue weighted by Gasteiger charge is -2.21. The van der Waals surface area contributed by atoms with Gasteiger partial charge in [0.15, 0.2) is 0 Å². The first-order valence-electron chi connectivity index (χ1n) is 11.8. The van der Waals surface area contributed by atoms with Gasteiger partial charge in [0, 0.05) is 12.0 Å². The van der Waals surface area contributed by atoms with Gasteiger partial charge in [-0.15, -0.1) is 0 Å². The summed E-state index contributed by atoms with van der Waals surface area (Å²) in [7, 11) is 0. The molecule has 0 aliphatic heterocycles. The molecule has 1 unspecified atom stereocenters. The maximum absolute atomic E-state index is 13.5. The monoisotopic (exact) mass is 467 g/mol. The fourth-order valence-electron chi connectivity index (χ4n) is 4.26.